The van der Waals surface area contributed by atoms with Gasteiger partial charge in [-0.2, -0.15) is 0 Å². The number of likely N-dealkylation sites (tertiary alicyclic amines) is 1. The Morgan fingerprint density at radius 1 is 1.40 bits per heavy atom. The first-order valence-electron chi connectivity index (χ1n) is 7.25. The number of H-pyrrole nitrogens is 1. The lowest BCUT2D eigenvalue weighted by atomic mass is 10.3. The Hall–Kier alpha value is -1.08. The summed E-state index contributed by atoms with van der Waals surface area (Å²) >= 11 is 1.36. The lowest BCUT2D eigenvalue weighted by molar-refractivity contribution is -0.118. The van der Waals surface area contributed by atoms with Gasteiger partial charge >= 0.3 is 0 Å². The molecule has 1 aliphatic heterocycles. The van der Waals surface area contributed by atoms with Crippen molar-refractivity contribution >= 4 is 17.7 Å². The summed E-state index contributed by atoms with van der Waals surface area (Å²) in [6.07, 6.45) is 4.89. The van der Waals surface area contributed by atoms with Gasteiger partial charge in [-0.05, 0) is 52.2 Å². The summed E-state index contributed by atoms with van der Waals surface area (Å²) in [5.74, 6) is 1.21. The molecule has 2 N–H and O–H groups in total. The summed E-state index contributed by atoms with van der Waals surface area (Å²) < 4.78 is 0. The van der Waals surface area contributed by atoms with Crippen LogP contribution in [0.15, 0.2) is 5.16 Å². The molecule has 1 aromatic rings. The molecule has 0 bridgehead atoms. The van der Waals surface area contributed by atoms with Crippen LogP contribution in [0.3, 0.4) is 0 Å². The largest absolute Gasteiger partial charge is 0.355 e. The lowest BCUT2D eigenvalue weighted by Gasteiger charge is -2.13. The number of carbonyl (C=O) groups is 1. The molecular weight excluding hydrogens is 274 g/mol. The molecule has 7 heteroatoms. The number of nitrogens with one attached hydrogen (secondary N) is 2. The molecule has 0 aromatic carbocycles. The van der Waals surface area contributed by atoms with E-state index in [4.69, 9.17) is 0 Å². The maximum atomic E-state index is 11.6. The summed E-state index contributed by atoms with van der Waals surface area (Å²) in [6.45, 7) is 6.27. The minimum absolute atomic E-state index is 0.0543. The second kappa shape index (κ2) is 8.26. The fourth-order valence-corrected chi connectivity index (χ4v) is 2.94. The molecule has 1 saturated heterocycles. The smallest absolute Gasteiger partial charge is 0.230 e. The Bertz CT molecular complexity index is 417. The molecule has 2 heterocycles. The predicted octanol–water partition coefficient (Wildman–Crippen LogP) is 1.20. The highest BCUT2D eigenvalue weighted by Crippen LogP contribution is 2.11. The van der Waals surface area contributed by atoms with E-state index >= 15 is 0 Å². The number of aryl methyl sites for hydroxylation is 1. The predicted molar refractivity (Wildman–Crippen MR) is 79.8 cm³/mol. The molecule has 20 heavy (non-hydrogen) atoms. The van der Waals surface area contributed by atoms with Gasteiger partial charge in [0.1, 0.15) is 5.82 Å². The van der Waals surface area contributed by atoms with Gasteiger partial charge in [0.2, 0.25) is 11.1 Å². The molecule has 112 valence electrons. The Kier molecular flexibility index (Phi) is 6.32. The third-order valence-electron chi connectivity index (χ3n) is 3.33. The molecule has 1 amide bonds. The highest BCUT2D eigenvalue weighted by Gasteiger charge is 2.10. The summed E-state index contributed by atoms with van der Waals surface area (Å²) in [4.78, 5) is 18.3. The third-order valence-corrected chi connectivity index (χ3v) is 4.18. The summed E-state index contributed by atoms with van der Waals surface area (Å²) in [7, 11) is 0. The molecule has 0 unspecified atom stereocenters. The highest BCUT2D eigenvalue weighted by molar-refractivity contribution is 7.99. The Morgan fingerprint density at radius 3 is 2.90 bits per heavy atom. The molecular formula is C13H23N5OS. The van der Waals surface area contributed by atoms with Crippen LogP contribution in [0.25, 0.3) is 0 Å². The minimum atomic E-state index is 0.0543. The van der Waals surface area contributed by atoms with Crippen LogP contribution in [0.4, 0.5) is 0 Å². The molecule has 1 aliphatic rings. The average Bonchev–Trinajstić information content (AvgIpc) is 3.07. The first-order valence-corrected chi connectivity index (χ1v) is 8.23. The van der Waals surface area contributed by atoms with E-state index < -0.39 is 0 Å². The van der Waals surface area contributed by atoms with E-state index in [0.717, 1.165) is 25.2 Å². The Morgan fingerprint density at radius 2 is 2.20 bits per heavy atom. The van der Waals surface area contributed by atoms with Crippen molar-refractivity contribution in [3.8, 4) is 0 Å². The molecule has 0 saturated carbocycles. The number of carbonyl (C=O) groups excluding carboxylic acids is 1. The van der Waals surface area contributed by atoms with Crippen LogP contribution in [-0.2, 0) is 4.79 Å². The summed E-state index contributed by atoms with van der Waals surface area (Å²) in [5, 5.41) is 10.3. The van der Waals surface area contributed by atoms with Crippen LogP contribution in [0.2, 0.25) is 0 Å². The number of nitrogens with zero attached hydrogens (tertiary/aromatic N) is 3. The second-order valence-corrected chi connectivity index (χ2v) is 6.04. The van der Waals surface area contributed by atoms with Crippen LogP contribution in [0.1, 0.15) is 31.5 Å². The fourth-order valence-electron chi connectivity index (χ4n) is 2.26. The summed E-state index contributed by atoms with van der Waals surface area (Å²) in [5.41, 5.74) is 0. The number of thioether (sulfide) groups is 1. The van der Waals surface area contributed by atoms with Crippen molar-refractivity contribution in [2.24, 2.45) is 0 Å². The molecule has 0 radical (unpaired) electrons. The highest BCUT2D eigenvalue weighted by atomic mass is 32.2. The van der Waals surface area contributed by atoms with Crippen LogP contribution in [0.5, 0.6) is 0 Å². The molecule has 1 fully saturated rings. The van der Waals surface area contributed by atoms with Crippen molar-refractivity contribution in [1.82, 2.24) is 25.4 Å². The number of amides is 1. The van der Waals surface area contributed by atoms with Gasteiger partial charge in [-0.25, -0.2) is 4.98 Å². The van der Waals surface area contributed by atoms with Crippen molar-refractivity contribution in [2.45, 2.75) is 37.8 Å². The topological polar surface area (TPSA) is 73.9 Å². The normalized spacial score (nSPS) is 15.7. The van der Waals surface area contributed by atoms with Gasteiger partial charge in [0.15, 0.2) is 0 Å². The molecule has 0 spiro atoms. The van der Waals surface area contributed by atoms with Gasteiger partial charge in [-0.3, -0.25) is 9.89 Å². The van der Waals surface area contributed by atoms with Crippen LogP contribution in [-0.4, -0.2) is 57.9 Å². The van der Waals surface area contributed by atoms with Gasteiger partial charge in [0, 0.05) is 6.54 Å². The monoisotopic (exact) mass is 297 g/mol. The quantitative estimate of drug-likeness (QED) is 0.557. The first kappa shape index (κ1) is 15.3. The molecule has 2 rings (SSSR count). The van der Waals surface area contributed by atoms with E-state index in [1.807, 2.05) is 6.92 Å². The van der Waals surface area contributed by atoms with E-state index in [1.54, 1.807) is 0 Å². The Balaban J connectivity index is 1.47. The number of aromatic amines is 1. The maximum Gasteiger partial charge on any atom is 0.230 e. The van der Waals surface area contributed by atoms with Crippen molar-refractivity contribution in [3.63, 3.8) is 0 Å². The first-order chi connectivity index (χ1) is 9.74. The molecule has 6 nitrogen and oxygen atoms in total. The van der Waals surface area contributed by atoms with E-state index in [-0.39, 0.29) is 5.91 Å². The van der Waals surface area contributed by atoms with E-state index in [9.17, 15) is 4.79 Å². The number of hydrogen-bond donors (Lipinski definition) is 2. The van der Waals surface area contributed by atoms with Crippen LogP contribution in [0, 0.1) is 6.92 Å². The van der Waals surface area contributed by atoms with E-state index in [1.165, 1.54) is 44.2 Å². The number of aromatic nitrogens is 3. The fraction of sp³-hybridized carbons (Fsp3) is 0.769. The average molecular weight is 297 g/mol. The van der Waals surface area contributed by atoms with Crippen molar-refractivity contribution in [1.29, 1.82) is 0 Å². The maximum absolute atomic E-state index is 11.6. The van der Waals surface area contributed by atoms with Gasteiger partial charge in [-0.15, -0.1) is 5.10 Å². The minimum Gasteiger partial charge on any atom is -0.355 e. The van der Waals surface area contributed by atoms with Crippen molar-refractivity contribution in [3.05, 3.63) is 5.82 Å². The van der Waals surface area contributed by atoms with Gasteiger partial charge < -0.3 is 10.2 Å². The van der Waals surface area contributed by atoms with Crippen molar-refractivity contribution < 1.29 is 4.79 Å². The number of rotatable bonds is 8. The lowest BCUT2D eigenvalue weighted by Crippen LogP contribution is -2.27. The molecule has 0 aliphatic carbocycles. The van der Waals surface area contributed by atoms with Crippen molar-refractivity contribution in [2.75, 3.05) is 31.9 Å². The zero-order valence-corrected chi connectivity index (χ0v) is 12.8. The molecule has 1 aromatic heterocycles. The zero-order valence-electron chi connectivity index (χ0n) is 12.0. The zero-order chi connectivity index (χ0) is 14.2. The number of hydrogen-bond acceptors (Lipinski definition) is 5. The Labute approximate surface area is 124 Å². The van der Waals surface area contributed by atoms with Gasteiger partial charge in [-0.1, -0.05) is 11.8 Å². The number of unbranched alkanes of at least 4 members (excludes halogenated alkanes) is 1. The third kappa shape index (κ3) is 5.50. The van der Waals surface area contributed by atoms with E-state index in [0.29, 0.717) is 10.9 Å². The standard InChI is InChI=1S/C13H23N5OS/c1-11-15-13(17-16-11)20-10-12(19)14-6-2-3-7-18-8-4-5-9-18/h2-10H2,1H3,(H,14,19)(H,15,16,17). The van der Waals surface area contributed by atoms with Crippen LogP contribution >= 0.6 is 11.8 Å². The second-order valence-electron chi connectivity index (χ2n) is 5.10. The van der Waals surface area contributed by atoms with E-state index in [2.05, 4.69) is 25.4 Å². The molecule has 0 atom stereocenters. The van der Waals surface area contributed by atoms with Crippen LogP contribution < -0.4 is 5.32 Å². The van der Waals surface area contributed by atoms with Gasteiger partial charge in [0.25, 0.3) is 0 Å². The van der Waals surface area contributed by atoms with Gasteiger partial charge in [0.05, 0.1) is 5.75 Å². The summed E-state index contributed by atoms with van der Waals surface area (Å²) in [6, 6.07) is 0. The SMILES string of the molecule is Cc1nc(SCC(=O)NCCCCN2CCCC2)n[nH]1.